The van der Waals surface area contributed by atoms with Crippen molar-refractivity contribution in [2.24, 2.45) is 0 Å². The highest BCUT2D eigenvalue weighted by molar-refractivity contribution is 7.99. The number of allylic oxidation sites excluding steroid dienone is 1. The van der Waals surface area contributed by atoms with E-state index in [1.807, 2.05) is 4.57 Å². The Morgan fingerprint density at radius 1 is 1.56 bits per heavy atom. The molecule has 0 amide bonds. The molecule has 0 radical (unpaired) electrons. The van der Waals surface area contributed by atoms with E-state index in [1.54, 1.807) is 6.08 Å². The molecule has 0 spiro atoms. The summed E-state index contributed by atoms with van der Waals surface area (Å²) in [7, 11) is 0. The fourth-order valence-electron chi connectivity index (χ4n) is 1.69. The average molecular weight is 267 g/mol. The smallest absolute Gasteiger partial charge is 0.191 e. The predicted molar refractivity (Wildman–Crippen MR) is 69.4 cm³/mol. The molecule has 1 aromatic heterocycles. The Labute approximate surface area is 110 Å². The van der Waals surface area contributed by atoms with Gasteiger partial charge in [-0.15, -0.1) is 16.8 Å². The van der Waals surface area contributed by atoms with Gasteiger partial charge in [0.2, 0.25) is 0 Å². The van der Waals surface area contributed by atoms with Crippen LogP contribution in [0.4, 0.5) is 0 Å². The minimum atomic E-state index is -0.103. The first-order chi connectivity index (χ1) is 8.76. The predicted octanol–water partition coefficient (Wildman–Crippen LogP) is 1.73. The molecule has 1 aliphatic carbocycles. The summed E-state index contributed by atoms with van der Waals surface area (Å²) in [5.74, 6) is 1.19. The molecular weight excluding hydrogens is 250 g/mol. The molecule has 0 aliphatic heterocycles. The van der Waals surface area contributed by atoms with Gasteiger partial charge >= 0.3 is 0 Å². The van der Waals surface area contributed by atoms with Gasteiger partial charge in [-0.2, -0.15) is 0 Å². The molecule has 0 saturated heterocycles. The molecule has 1 fully saturated rings. The fourth-order valence-corrected chi connectivity index (χ4v) is 2.62. The summed E-state index contributed by atoms with van der Waals surface area (Å²) in [6, 6.07) is 0.410. The van der Waals surface area contributed by atoms with Crippen LogP contribution in [0.5, 0.6) is 0 Å². The van der Waals surface area contributed by atoms with Crippen LogP contribution in [0.1, 0.15) is 37.5 Å². The number of Topliss-reactive ketones (excluding diaryl/α,β-unsaturated/α-hetero) is 1. The summed E-state index contributed by atoms with van der Waals surface area (Å²) in [6.07, 6.45) is 5.20. The number of thioether (sulfide) groups is 1. The molecule has 1 aromatic rings. The average Bonchev–Trinajstić information content (AvgIpc) is 3.14. The first-order valence-corrected chi connectivity index (χ1v) is 7.05. The van der Waals surface area contributed by atoms with Crippen molar-refractivity contribution in [3.05, 3.63) is 18.5 Å². The summed E-state index contributed by atoms with van der Waals surface area (Å²) < 4.78 is 1.96. The van der Waals surface area contributed by atoms with Crippen LogP contribution in [-0.4, -0.2) is 31.4 Å². The van der Waals surface area contributed by atoms with E-state index in [9.17, 15) is 9.90 Å². The van der Waals surface area contributed by atoms with Crippen molar-refractivity contribution in [1.82, 2.24) is 14.8 Å². The van der Waals surface area contributed by atoms with Crippen LogP contribution in [-0.2, 0) is 11.4 Å². The minimum absolute atomic E-state index is 0.103. The molecule has 1 aliphatic rings. The van der Waals surface area contributed by atoms with Crippen molar-refractivity contribution < 1.29 is 9.90 Å². The van der Waals surface area contributed by atoms with Crippen molar-refractivity contribution in [3.8, 4) is 0 Å². The van der Waals surface area contributed by atoms with Crippen molar-refractivity contribution >= 4 is 17.5 Å². The molecule has 1 heterocycles. The van der Waals surface area contributed by atoms with E-state index in [-0.39, 0.29) is 12.4 Å². The lowest BCUT2D eigenvalue weighted by Gasteiger charge is -2.06. The molecule has 1 N–H and O–H groups in total. The Hall–Kier alpha value is -1.14. The highest BCUT2D eigenvalue weighted by Gasteiger charge is 2.29. The van der Waals surface area contributed by atoms with Crippen molar-refractivity contribution in [1.29, 1.82) is 0 Å². The van der Waals surface area contributed by atoms with Crippen LogP contribution in [0.3, 0.4) is 0 Å². The Balaban J connectivity index is 1.94. The highest BCUT2D eigenvalue weighted by Crippen LogP contribution is 2.38. The van der Waals surface area contributed by atoms with Crippen LogP contribution in [0, 0.1) is 0 Å². The third kappa shape index (κ3) is 3.20. The second kappa shape index (κ2) is 6.15. The van der Waals surface area contributed by atoms with Gasteiger partial charge in [0, 0.05) is 12.5 Å². The summed E-state index contributed by atoms with van der Waals surface area (Å²) in [5, 5.41) is 17.9. The zero-order valence-electron chi connectivity index (χ0n) is 10.2. The number of hydrogen-bond acceptors (Lipinski definition) is 5. The van der Waals surface area contributed by atoms with E-state index < -0.39 is 0 Å². The lowest BCUT2D eigenvalue weighted by Crippen LogP contribution is -2.05. The van der Waals surface area contributed by atoms with E-state index in [0.29, 0.717) is 24.0 Å². The van der Waals surface area contributed by atoms with Crippen molar-refractivity contribution in [2.45, 2.75) is 43.5 Å². The molecule has 5 nitrogen and oxygen atoms in total. The maximum absolute atomic E-state index is 11.6. The van der Waals surface area contributed by atoms with Gasteiger partial charge in [0.1, 0.15) is 12.4 Å². The summed E-state index contributed by atoms with van der Waals surface area (Å²) in [6.45, 7) is 3.49. The number of rotatable bonds is 8. The number of aliphatic hydroxyl groups is 1. The quantitative estimate of drug-likeness (QED) is 0.574. The molecule has 0 unspecified atom stereocenters. The van der Waals surface area contributed by atoms with Gasteiger partial charge in [-0.1, -0.05) is 17.8 Å². The maximum atomic E-state index is 11.6. The van der Waals surface area contributed by atoms with E-state index >= 15 is 0 Å². The second-order valence-corrected chi connectivity index (χ2v) is 5.26. The van der Waals surface area contributed by atoms with E-state index in [4.69, 9.17) is 0 Å². The van der Waals surface area contributed by atoms with Crippen LogP contribution in [0.2, 0.25) is 0 Å². The van der Waals surface area contributed by atoms with Crippen LogP contribution in [0.15, 0.2) is 17.8 Å². The Bertz CT molecular complexity index is 441. The molecule has 98 valence electrons. The number of nitrogens with zero attached hydrogens (tertiary/aromatic N) is 3. The Morgan fingerprint density at radius 2 is 2.33 bits per heavy atom. The summed E-state index contributed by atoms with van der Waals surface area (Å²) in [5.41, 5.74) is 0. The number of ketones is 1. The maximum Gasteiger partial charge on any atom is 0.191 e. The molecule has 0 aromatic carbocycles. The first-order valence-electron chi connectivity index (χ1n) is 6.06. The normalized spacial score (nSPS) is 14.7. The topological polar surface area (TPSA) is 68.0 Å². The molecule has 0 atom stereocenters. The van der Waals surface area contributed by atoms with E-state index in [1.165, 1.54) is 11.8 Å². The summed E-state index contributed by atoms with van der Waals surface area (Å²) in [4.78, 5) is 11.6. The number of hydrogen-bond donors (Lipinski definition) is 1. The molecule has 0 bridgehead atoms. The number of aliphatic hydroxyl groups excluding tert-OH is 1. The standard InChI is InChI=1S/C12H17N3O2S/c1-2-3-4-10(17)8-18-12-14-13-11(7-16)15(12)9-5-6-9/h2,9,16H,1,3-8H2. The van der Waals surface area contributed by atoms with Crippen molar-refractivity contribution in [3.63, 3.8) is 0 Å². The second-order valence-electron chi connectivity index (χ2n) is 4.31. The van der Waals surface area contributed by atoms with Crippen LogP contribution < -0.4 is 0 Å². The lowest BCUT2D eigenvalue weighted by molar-refractivity contribution is -0.116. The third-order valence-electron chi connectivity index (χ3n) is 2.78. The summed E-state index contributed by atoms with van der Waals surface area (Å²) >= 11 is 1.40. The Kier molecular flexibility index (Phi) is 4.54. The molecule has 1 saturated carbocycles. The third-order valence-corrected chi connectivity index (χ3v) is 3.78. The first kappa shape index (κ1) is 13.3. The van der Waals surface area contributed by atoms with Gasteiger partial charge < -0.3 is 9.67 Å². The van der Waals surface area contributed by atoms with E-state index in [0.717, 1.165) is 24.4 Å². The highest BCUT2D eigenvalue weighted by atomic mass is 32.2. The van der Waals surface area contributed by atoms with Gasteiger partial charge in [-0.3, -0.25) is 4.79 Å². The molecule has 2 rings (SSSR count). The fraction of sp³-hybridized carbons (Fsp3) is 0.583. The van der Waals surface area contributed by atoms with Gasteiger partial charge in [0.25, 0.3) is 0 Å². The zero-order chi connectivity index (χ0) is 13.0. The number of carbonyl (C=O) groups is 1. The van der Waals surface area contributed by atoms with E-state index in [2.05, 4.69) is 16.8 Å². The van der Waals surface area contributed by atoms with Gasteiger partial charge in [-0.05, 0) is 19.3 Å². The van der Waals surface area contributed by atoms with Crippen LogP contribution >= 0.6 is 11.8 Å². The van der Waals surface area contributed by atoms with Gasteiger partial charge in [-0.25, -0.2) is 0 Å². The monoisotopic (exact) mass is 267 g/mol. The Morgan fingerprint density at radius 3 is 2.94 bits per heavy atom. The van der Waals surface area contributed by atoms with Gasteiger partial charge in [0.05, 0.1) is 5.75 Å². The molecule has 18 heavy (non-hydrogen) atoms. The lowest BCUT2D eigenvalue weighted by atomic mass is 10.2. The van der Waals surface area contributed by atoms with Crippen molar-refractivity contribution in [2.75, 3.05) is 5.75 Å². The van der Waals surface area contributed by atoms with Gasteiger partial charge in [0.15, 0.2) is 11.0 Å². The minimum Gasteiger partial charge on any atom is -0.388 e. The number of carbonyl (C=O) groups excluding carboxylic acids is 1. The largest absolute Gasteiger partial charge is 0.388 e. The zero-order valence-corrected chi connectivity index (χ0v) is 11.0. The SMILES string of the molecule is C=CCCC(=O)CSc1nnc(CO)n1C1CC1. The molecular formula is C12H17N3O2S. The molecule has 6 heteroatoms. The van der Waals surface area contributed by atoms with Crippen LogP contribution in [0.25, 0.3) is 0 Å². The number of aromatic nitrogens is 3.